The molecule has 2 aliphatic rings. The van der Waals surface area contributed by atoms with Crippen LogP contribution in [0.5, 0.6) is 0 Å². The van der Waals surface area contributed by atoms with E-state index in [-0.39, 0.29) is 38.0 Å². The Morgan fingerprint density at radius 3 is 1.47 bits per heavy atom. The maximum Gasteiger partial charge on any atom is 0.322 e. The monoisotopic (exact) mass is 580 g/mol. The van der Waals surface area contributed by atoms with Crippen molar-refractivity contribution in [3.05, 3.63) is 0 Å². The number of rotatable bonds is 15. The molecule has 0 radical (unpaired) electrons. The van der Waals surface area contributed by atoms with E-state index in [1.54, 1.807) is 0 Å². The van der Waals surface area contributed by atoms with Crippen LogP contribution in [0.1, 0.15) is 25.7 Å². The Kier molecular flexibility index (Phi) is 13.7. The molecule has 2 saturated heterocycles. The molecule has 0 aromatic rings. The molecule has 202 valence electrons. The first-order chi connectivity index (χ1) is 17.1. The van der Waals surface area contributed by atoms with Gasteiger partial charge in [0.2, 0.25) is 11.8 Å². The van der Waals surface area contributed by atoms with Gasteiger partial charge in [-0.2, -0.15) is 0 Å². The molecule has 2 fully saturated rings. The molecule has 0 atom stereocenters. The van der Waals surface area contributed by atoms with Crippen LogP contribution in [0.3, 0.4) is 0 Å². The van der Waals surface area contributed by atoms with Gasteiger partial charge < -0.3 is 30.6 Å². The molecule has 0 unspecified atom stereocenters. The van der Waals surface area contributed by atoms with Crippen molar-refractivity contribution in [2.75, 3.05) is 64.4 Å². The van der Waals surface area contributed by atoms with Crippen LogP contribution < -0.4 is 10.6 Å². The number of hydrogen-bond donors (Lipinski definition) is 4. The third-order valence-electron chi connectivity index (χ3n) is 5.21. The third-order valence-corrected chi connectivity index (χ3v) is 8.44. The fourth-order valence-electron chi connectivity index (χ4n) is 3.50. The number of carbonyl (C=O) groups is 4. The lowest BCUT2D eigenvalue weighted by molar-refractivity contribution is -0.138. The zero-order valence-electron chi connectivity index (χ0n) is 19.8. The van der Waals surface area contributed by atoms with Crippen molar-refractivity contribution in [1.82, 2.24) is 30.2 Å². The standard InChI is InChI=1S/C20H32N6O6S4/c27-15(21-7-17(29)30)9-23-11-25(19(33)35-13-23)5-3-1-2-4-6-26-12-24(14-36-20(26)34)10-16(28)22-8-18(31)32/h1-14H2,(H,21,27)(H,22,28)(H,29,30)(H,31,32). The van der Waals surface area contributed by atoms with Gasteiger partial charge in [0.25, 0.3) is 0 Å². The van der Waals surface area contributed by atoms with Crippen molar-refractivity contribution in [3.8, 4) is 0 Å². The number of thioether (sulfide) groups is 2. The van der Waals surface area contributed by atoms with E-state index >= 15 is 0 Å². The molecule has 16 heteroatoms. The van der Waals surface area contributed by atoms with Gasteiger partial charge in [-0.15, -0.1) is 0 Å². The number of aliphatic carboxylic acids is 2. The molecule has 2 rings (SSSR count). The number of carboxylic acid groups (broad SMARTS) is 2. The van der Waals surface area contributed by atoms with Gasteiger partial charge in [-0.05, 0) is 12.8 Å². The Morgan fingerprint density at radius 2 is 1.11 bits per heavy atom. The lowest BCUT2D eigenvalue weighted by atomic mass is 10.2. The summed E-state index contributed by atoms with van der Waals surface area (Å²) in [4.78, 5) is 52.9. The summed E-state index contributed by atoms with van der Waals surface area (Å²) < 4.78 is 1.61. The second kappa shape index (κ2) is 16.2. The Morgan fingerprint density at radius 1 is 0.722 bits per heavy atom. The molecular weight excluding hydrogens is 549 g/mol. The first kappa shape index (κ1) is 30.5. The van der Waals surface area contributed by atoms with Crippen molar-refractivity contribution in [3.63, 3.8) is 0 Å². The molecule has 0 aromatic heterocycles. The Hall–Kier alpha value is -1.72. The highest BCUT2D eigenvalue weighted by Crippen LogP contribution is 2.21. The number of unbranched alkanes of at least 4 members (excludes halogenated alkanes) is 3. The summed E-state index contributed by atoms with van der Waals surface area (Å²) in [7, 11) is 0. The van der Waals surface area contributed by atoms with Crippen LogP contribution in [0.15, 0.2) is 0 Å². The normalized spacial score (nSPS) is 17.2. The zero-order chi connectivity index (χ0) is 26.5. The van der Waals surface area contributed by atoms with E-state index in [0.29, 0.717) is 25.1 Å². The molecule has 0 aliphatic carbocycles. The minimum absolute atomic E-state index is 0.130. The number of thiocarbonyl (C=S) groups is 2. The number of carbonyl (C=O) groups excluding carboxylic acids is 2. The van der Waals surface area contributed by atoms with E-state index in [1.165, 1.54) is 23.5 Å². The van der Waals surface area contributed by atoms with Gasteiger partial charge in [0.15, 0.2) is 0 Å². The second-order valence-electron chi connectivity index (χ2n) is 8.30. The van der Waals surface area contributed by atoms with Gasteiger partial charge in [0, 0.05) is 13.1 Å². The minimum atomic E-state index is -1.07. The number of nitrogens with one attached hydrogen (secondary N) is 2. The fraction of sp³-hybridized carbons (Fsp3) is 0.700. The van der Waals surface area contributed by atoms with Gasteiger partial charge in [0.05, 0.1) is 38.2 Å². The molecule has 0 bridgehead atoms. The van der Waals surface area contributed by atoms with E-state index in [1.807, 2.05) is 9.80 Å². The molecule has 4 N–H and O–H groups in total. The molecule has 0 aromatic carbocycles. The van der Waals surface area contributed by atoms with Crippen LogP contribution in [0.2, 0.25) is 0 Å². The smallest absolute Gasteiger partial charge is 0.322 e. The van der Waals surface area contributed by atoms with Crippen LogP contribution in [0.25, 0.3) is 0 Å². The average Bonchev–Trinajstić information content (AvgIpc) is 2.82. The predicted octanol–water partition coefficient (Wildman–Crippen LogP) is 0.0498. The first-order valence-electron chi connectivity index (χ1n) is 11.4. The minimum Gasteiger partial charge on any atom is -0.480 e. The van der Waals surface area contributed by atoms with E-state index < -0.39 is 11.9 Å². The maximum absolute atomic E-state index is 11.9. The fourth-order valence-corrected chi connectivity index (χ4v) is 5.71. The average molecular weight is 581 g/mol. The molecular formula is C20H32N6O6S4. The van der Waals surface area contributed by atoms with Crippen molar-refractivity contribution in [2.24, 2.45) is 0 Å². The van der Waals surface area contributed by atoms with Gasteiger partial charge in [-0.25, -0.2) is 0 Å². The SMILES string of the molecule is O=C(O)CNC(=O)CN1CSC(=S)N(CCCCCCN2CN(CC(=O)NCC(=O)O)CSC2=S)C1. The highest BCUT2D eigenvalue weighted by molar-refractivity contribution is 8.23. The van der Waals surface area contributed by atoms with Crippen molar-refractivity contribution in [1.29, 1.82) is 0 Å². The summed E-state index contributed by atoms with van der Waals surface area (Å²) in [6.45, 7) is 2.15. The van der Waals surface area contributed by atoms with Crippen LogP contribution in [-0.2, 0) is 19.2 Å². The van der Waals surface area contributed by atoms with E-state index in [9.17, 15) is 19.2 Å². The molecule has 0 saturated carbocycles. The van der Waals surface area contributed by atoms with Crippen molar-refractivity contribution >= 4 is 80.4 Å². The van der Waals surface area contributed by atoms with Crippen LogP contribution in [-0.4, -0.2) is 127 Å². The van der Waals surface area contributed by atoms with Gasteiger partial charge in [-0.3, -0.25) is 29.0 Å². The molecule has 36 heavy (non-hydrogen) atoms. The molecule has 2 amide bonds. The Bertz CT molecular complexity index is 769. The third kappa shape index (κ3) is 12.0. The number of nitrogens with zero attached hydrogens (tertiary/aromatic N) is 4. The van der Waals surface area contributed by atoms with Crippen molar-refractivity contribution < 1.29 is 29.4 Å². The van der Waals surface area contributed by atoms with Crippen LogP contribution >= 0.6 is 48.0 Å². The summed E-state index contributed by atoms with van der Waals surface area (Å²) in [6, 6.07) is 0. The maximum atomic E-state index is 11.9. The summed E-state index contributed by atoms with van der Waals surface area (Å²) >= 11 is 13.9. The zero-order valence-corrected chi connectivity index (χ0v) is 23.1. The lowest BCUT2D eigenvalue weighted by Gasteiger charge is -2.36. The highest BCUT2D eigenvalue weighted by Gasteiger charge is 2.24. The van der Waals surface area contributed by atoms with Crippen LogP contribution in [0.4, 0.5) is 0 Å². The molecule has 0 spiro atoms. The summed E-state index contributed by atoms with van der Waals surface area (Å²) in [6.07, 6.45) is 3.93. The quantitative estimate of drug-likeness (QED) is 0.153. The lowest BCUT2D eigenvalue weighted by Crippen LogP contribution is -2.49. The molecule has 2 aliphatic heterocycles. The number of hydrogen-bond acceptors (Lipinski definition) is 10. The second-order valence-corrected chi connectivity index (χ2v) is 11.5. The topological polar surface area (TPSA) is 146 Å². The summed E-state index contributed by atoms with van der Waals surface area (Å²) in [5, 5.41) is 22.1. The number of amides is 2. The van der Waals surface area contributed by atoms with Crippen molar-refractivity contribution in [2.45, 2.75) is 25.7 Å². The van der Waals surface area contributed by atoms with Gasteiger partial charge >= 0.3 is 11.9 Å². The van der Waals surface area contributed by atoms with E-state index in [4.69, 9.17) is 34.6 Å². The van der Waals surface area contributed by atoms with E-state index in [2.05, 4.69) is 20.4 Å². The predicted molar refractivity (Wildman–Crippen MR) is 146 cm³/mol. The van der Waals surface area contributed by atoms with Gasteiger partial charge in [-0.1, -0.05) is 60.8 Å². The van der Waals surface area contributed by atoms with E-state index in [0.717, 1.165) is 47.4 Å². The Labute approximate surface area is 229 Å². The first-order valence-corrected chi connectivity index (χ1v) is 14.2. The molecule has 12 nitrogen and oxygen atoms in total. The number of carboxylic acids is 2. The molecule has 2 heterocycles. The highest BCUT2D eigenvalue weighted by atomic mass is 32.2. The van der Waals surface area contributed by atoms with Gasteiger partial charge in [0.1, 0.15) is 21.7 Å². The van der Waals surface area contributed by atoms with Crippen LogP contribution in [0, 0.1) is 0 Å². The summed E-state index contributed by atoms with van der Waals surface area (Å²) in [5.41, 5.74) is 0. The largest absolute Gasteiger partial charge is 0.480 e. The Balaban J connectivity index is 1.62. The summed E-state index contributed by atoms with van der Waals surface area (Å²) in [5.74, 6) is -1.59.